The molecule has 1 aromatic carbocycles. The van der Waals surface area contributed by atoms with Crippen LogP contribution in [-0.2, 0) is 4.79 Å². The first-order valence-electron chi connectivity index (χ1n) is 5.63. The molecule has 1 rings (SSSR count). The summed E-state index contributed by atoms with van der Waals surface area (Å²) in [6, 6.07) is 5.25. The van der Waals surface area contributed by atoms with Gasteiger partial charge >= 0.3 is 0 Å². The second-order valence-electron chi connectivity index (χ2n) is 4.40. The molecule has 2 N–H and O–H groups in total. The molecule has 4 heteroatoms. The summed E-state index contributed by atoms with van der Waals surface area (Å²) in [5, 5.41) is 5.41. The van der Waals surface area contributed by atoms with Gasteiger partial charge in [0.1, 0.15) is 0 Å². The number of rotatable bonds is 5. The summed E-state index contributed by atoms with van der Waals surface area (Å²) in [4.78, 5) is 22.2. The van der Waals surface area contributed by atoms with Gasteiger partial charge in [-0.2, -0.15) is 0 Å². The summed E-state index contributed by atoms with van der Waals surface area (Å²) in [5.41, 5.74) is 2.15. The van der Waals surface area contributed by atoms with Gasteiger partial charge < -0.3 is 10.6 Å². The van der Waals surface area contributed by atoms with Gasteiger partial charge in [-0.15, -0.1) is 0 Å². The molecule has 0 heterocycles. The van der Waals surface area contributed by atoms with Crippen molar-refractivity contribution in [3.05, 3.63) is 29.3 Å². The van der Waals surface area contributed by atoms with Gasteiger partial charge in [0.05, 0.1) is 0 Å². The summed E-state index contributed by atoms with van der Waals surface area (Å²) < 4.78 is 0. The Balaban J connectivity index is 2.80. The second kappa shape index (κ2) is 6.03. The lowest BCUT2D eigenvalue weighted by Crippen LogP contribution is -2.27. The van der Waals surface area contributed by atoms with Crippen molar-refractivity contribution in [2.75, 3.05) is 11.9 Å². The van der Waals surface area contributed by atoms with Crippen molar-refractivity contribution in [2.24, 2.45) is 5.92 Å². The van der Waals surface area contributed by atoms with E-state index < -0.39 is 0 Å². The van der Waals surface area contributed by atoms with Gasteiger partial charge in [0.15, 0.2) is 0 Å². The van der Waals surface area contributed by atoms with E-state index in [1.165, 1.54) is 0 Å². The highest BCUT2D eigenvalue weighted by Gasteiger charge is 2.08. The fraction of sp³-hybridized carbons (Fsp3) is 0.385. The maximum atomic E-state index is 11.8. The predicted octanol–water partition coefficient (Wildman–Crippen LogP) is 1.95. The Bertz CT molecular complexity index is 414. The first kappa shape index (κ1) is 13.2. The van der Waals surface area contributed by atoms with E-state index in [9.17, 15) is 9.59 Å². The molecule has 0 saturated carbocycles. The van der Waals surface area contributed by atoms with Crippen molar-refractivity contribution < 1.29 is 9.59 Å². The molecule has 0 spiro atoms. The Morgan fingerprint density at radius 2 is 2.12 bits per heavy atom. The molecule has 0 aromatic heterocycles. The normalized spacial score (nSPS) is 10.1. The highest BCUT2D eigenvalue weighted by molar-refractivity contribution is 5.95. The van der Waals surface area contributed by atoms with E-state index in [1.807, 2.05) is 26.8 Å². The van der Waals surface area contributed by atoms with Crippen molar-refractivity contribution in [3.8, 4) is 0 Å². The van der Waals surface area contributed by atoms with E-state index >= 15 is 0 Å². The van der Waals surface area contributed by atoms with E-state index in [1.54, 1.807) is 12.1 Å². The zero-order chi connectivity index (χ0) is 12.8. The molecule has 0 saturated heterocycles. The van der Waals surface area contributed by atoms with Gasteiger partial charge in [0.25, 0.3) is 5.91 Å². The number of hydrogen-bond acceptors (Lipinski definition) is 2. The lowest BCUT2D eigenvalue weighted by Gasteiger charge is -2.10. The van der Waals surface area contributed by atoms with Crippen LogP contribution in [0.15, 0.2) is 18.2 Å². The maximum absolute atomic E-state index is 11.8. The van der Waals surface area contributed by atoms with E-state index in [0.29, 0.717) is 30.1 Å². The molecule has 0 aliphatic heterocycles. The number of hydrogen-bond donors (Lipinski definition) is 2. The van der Waals surface area contributed by atoms with Crippen LogP contribution in [0.3, 0.4) is 0 Å². The van der Waals surface area contributed by atoms with Crippen molar-refractivity contribution in [2.45, 2.75) is 20.8 Å². The number of nitrogens with one attached hydrogen (secondary N) is 2. The number of carbonyl (C=O) groups excluding carboxylic acids is 2. The van der Waals surface area contributed by atoms with Gasteiger partial charge in [-0.25, -0.2) is 0 Å². The van der Waals surface area contributed by atoms with Crippen LogP contribution < -0.4 is 10.6 Å². The van der Waals surface area contributed by atoms with Crippen molar-refractivity contribution in [1.29, 1.82) is 0 Å². The number of amides is 2. The van der Waals surface area contributed by atoms with E-state index in [0.717, 1.165) is 5.56 Å². The quantitative estimate of drug-likeness (QED) is 0.765. The summed E-state index contributed by atoms with van der Waals surface area (Å²) in [7, 11) is 0. The topological polar surface area (TPSA) is 58.2 Å². The third-order valence-corrected chi connectivity index (χ3v) is 2.39. The van der Waals surface area contributed by atoms with E-state index in [2.05, 4.69) is 10.6 Å². The molecule has 2 amide bonds. The molecular formula is C13H18N2O2. The van der Waals surface area contributed by atoms with Gasteiger partial charge in [-0.1, -0.05) is 19.9 Å². The smallest absolute Gasteiger partial charge is 0.251 e. The third kappa shape index (κ3) is 3.90. The van der Waals surface area contributed by atoms with Crippen LogP contribution in [0.25, 0.3) is 0 Å². The number of anilines is 1. The zero-order valence-corrected chi connectivity index (χ0v) is 10.4. The second-order valence-corrected chi connectivity index (χ2v) is 4.40. The van der Waals surface area contributed by atoms with Gasteiger partial charge in [0, 0.05) is 17.8 Å². The van der Waals surface area contributed by atoms with Crippen LogP contribution in [0.5, 0.6) is 0 Å². The molecule has 4 nitrogen and oxygen atoms in total. The molecular weight excluding hydrogens is 216 g/mol. The summed E-state index contributed by atoms with van der Waals surface area (Å²) >= 11 is 0. The lowest BCUT2D eigenvalue weighted by molar-refractivity contribution is -0.105. The molecule has 92 valence electrons. The Hall–Kier alpha value is -1.84. The Morgan fingerprint density at radius 3 is 2.71 bits per heavy atom. The Kier molecular flexibility index (Phi) is 4.69. The molecule has 0 fully saturated rings. The van der Waals surface area contributed by atoms with Crippen LogP contribution in [0, 0.1) is 12.8 Å². The zero-order valence-electron chi connectivity index (χ0n) is 10.4. The summed E-state index contributed by atoms with van der Waals surface area (Å²) in [5.74, 6) is 0.296. The molecule has 17 heavy (non-hydrogen) atoms. The fourth-order valence-corrected chi connectivity index (χ4v) is 1.38. The van der Waals surface area contributed by atoms with Crippen molar-refractivity contribution in [3.63, 3.8) is 0 Å². The highest BCUT2D eigenvalue weighted by atomic mass is 16.1. The average Bonchev–Trinajstić information content (AvgIpc) is 2.29. The monoisotopic (exact) mass is 234 g/mol. The summed E-state index contributed by atoms with van der Waals surface area (Å²) in [6.45, 7) is 6.59. The average molecular weight is 234 g/mol. The van der Waals surface area contributed by atoms with Crippen LogP contribution >= 0.6 is 0 Å². The minimum atomic E-state index is -0.118. The first-order chi connectivity index (χ1) is 8.04. The standard InChI is InChI=1S/C13H18N2O2/c1-9(2)7-14-13(17)11-5-4-10(3)12(6-11)15-8-16/h4-6,8-9H,7H2,1-3H3,(H,14,17)(H,15,16). The maximum Gasteiger partial charge on any atom is 0.251 e. The van der Waals surface area contributed by atoms with Crippen LogP contribution in [0.2, 0.25) is 0 Å². The van der Waals surface area contributed by atoms with E-state index in [-0.39, 0.29) is 5.91 Å². The number of carbonyl (C=O) groups is 2. The fourth-order valence-electron chi connectivity index (χ4n) is 1.38. The predicted molar refractivity (Wildman–Crippen MR) is 68.0 cm³/mol. The van der Waals surface area contributed by atoms with E-state index in [4.69, 9.17) is 0 Å². The Labute approximate surface area is 101 Å². The van der Waals surface area contributed by atoms with Crippen LogP contribution in [0.1, 0.15) is 29.8 Å². The SMILES string of the molecule is Cc1ccc(C(=O)NCC(C)C)cc1NC=O. The molecule has 0 radical (unpaired) electrons. The minimum Gasteiger partial charge on any atom is -0.352 e. The van der Waals surface area contributed by atoms with Gasteiger partial charge in [0.2, 0.25) is 6.41 Å². The molecule has 0 atom stereocenters. The molecule has 0 aliphatic carbocycles. The van der Waals surface area contributed by atoms with Crippen molar-refractivity contribution in [1.82, 2.24) is 5.32 Å². The molecule has 0 unspecified atom stereocenters. The lowest BCUT2D eigenvalue weighted by atomic mass is 10.1. The Morgan fingerprint density at radius 1 is 1.41 bits per heavy atom. The van der Waals surface area contributed by atoms with Crippen LogP contribution in [-0.4, -0.2) is 18.9 Å². The number of aryl methyl sites for hydroxylation is 1. The van der Waals surface area contributed by atoms with Crippen LogP contribution in [0.4, 0.5) is 5.69 Å². The van der Waals surface area contributed by atoms with Crippen molar-refractivity contribution >= 4 is 18.0 Å². The highest BCUT2D eigenvalue weighted by Crippen LogP contribution is 2.16. The van der Waals surface area contributed by atoms with Gasteiger partial charge in [-0.05, 0) is 30.5 Å². The molecule has 1 aromatic rings. The minimum absolute atomic E-state index is 0.118. The largest absolute Gasteiger partial charge is 0.352 e. The first-order valence-corrected chi connectivity index (χ1v) is 5.63. The van der Waals surface area contributed by atoms with Gasteiger partial charge in [-0.3, -0.25) is 9.59 Å². The molecule has 0 aliphatic rings. The molecule has 0 bridgehead atoms. The third-order valence-electron chi connectivity index (χ3n) is 2.39. The summed E-state index contributed by atoms with van der Waals surface area (Å²) in [6.07, 6.45) is 0.609. The number of benzene rings is 1.